The van der Waals surface area contributed by atoms with Crippen molar-refractivity contribution in [3.8, 4) is 0 Å². The molecule has 0 aliphatic rings. The quantitative estimate of drug-likeness (QED) is 0.799. The lowest BCUT2D eigenvalue weighted by atomic mass is 10.1. The van der Waals surface area contributed by atoms with Gasteiger partial charge in [0.2, 0.25) is 0 Å². The van der Waals surface area contributed by atoms with Crippen LogP contribution in [0.2, 0.25) is 10.0 Å². The third-order valence-electron chi connectivity index (χ3n) is 3.00. The summed E-state index contributed by atoms with van der Waals surface area (Å²) in [4.78, 5) is 0. The van der Waals surface area contributed by atoms with E-state index in [0.717, 1.165) is 18.5 Å². The third kappa shape index (κ3) is 5.54. The Morgan fingerprint density at radius 2 is 1.76 bits per heavy atom. The summed E-state index contributed by atoms with van der Waals surface area (Å²) in [6, 6.07) is 15.7. The fraction of sp³-hybridized carbons (Fsp3) is 0.188. The van der Waals surface area contributed by atoms with Gasteiger partial charge in [-0.3, -0.25) is 0 Å². The van der Waals surface area contributed by atoms with E-state index in [2.05, 4.69) is 22.8 Å². The summed E-state index contributed by atoms with van der Waals surface area (Å²) in [7, 11) is 0. The summed E-state index contributed by atoms with van der Waals surface area (Å²) < 4.78 is 0. The summed E-state index contributed by atoms with van der Waals surface area (Å²) >= 11 is 17.2. The molecule has 0 heterocycles. The number of hydrogen-bond donors (Lipinski definition) is 2. The highest BCUT2D eigenvalue weighted by Crippen LogP contribution is 2.20. The average molecular weight is 339 g/mol. The average Bonchev–Trinajstić information content (AvgIpc) is 2.47. The van der Waals surface area contributed by atoms with E-state index in [1.54, 1.807) is 6.07 Å². The van der Waals surface area contributed by atoms with Crippen molar-refractivity contribution < 1.29 is 0 Å². The molecule has 0 unspecified atom stereocenters. The minimum Gasteiger partial charge on any atom is -0.362 e. The van der Waals surface area contributed by atoms with Crippen LogP contribution in [0.1, 0.15) is 11.1 Å². The lowest BCUT2D eigenvalue weighted by Gasteiger charge is -2.11. The Kier molecular flexibility index (Phi) is 6.30. The van der Waals surface area contributed by atoms with E-state index in [-0.39, 0.29) is 0 Å². The van der Waals surface area contributed by atoms with Gasteiger partial charge in [-0.25, -0.2) is 0 Å². The molecule has 0 aliphatic heterocycles. The molecular weight excluding hydrogens is 323 g/mol. The highest BCUT2D eigenvalue weighted by molar-refractivity contribution is 7.80. The number of nitrogens with one attached hydrogen (secondary N) is 2. The van der Waals surface area contributed by atoms with E-state index in [9.17, 15) is 0 Å². The molecule has 0 radical (unpaired) electrons. The molecule has 21 heavy (non-hydrogen) atoms. The molecule has 5 heteroatoms. The number of hydrogen-bond acceptors (Lipinski definition) is 1. The Labute approximate surface area is 140 Å². The van der Waals surface area contributed by atoms with E-state index in [4.69, 9.17) is 35.4 Å². The van der Waals surface area contributed by atoms with Crippen LogP contribution in [0.5, 0.6) is 0 Å². The highest BCUT2D eigenvalue weighted by atomic mass is 35.5. The largest absolute Gasteiger partial charge is 0.362 e. The van der Waals surface area contributed by atoms with Crippen LogP contribution in [0.4, 0.5) is 0 Å². The summed E-state index contributed by atoms with van der Waals surface area (Å²) in [5.74, 6) is 0. The molecule has 2 aromatic carbocycles. The van der Waals surface area contributed by atoms with Crippen molar-refractivity contribution in [1.29, 1.82) is 0 Å². The number of rotatable bonds is 5. The standard InChI is InChI=1S/C16H16Cl2N2S/c17-14-7-6-13(15(18)10-14)11-20-16(21)19-9-8-12-4-2-1-3-5-12/h1-7,10H,8-9,11H2,(H2,19,20,21). The number of benzene rings is 2. The molecule has 0 saturated heterocycles. The van der Waals surface area contributed by atoms with Gasteiger partial charge >= 0.3 is 0 Å². The molecule has 2 N–H and O–H groups in total. The zero-order chi connectivity index (χ0) is 15.1. The molecule has 0 spiro atoms. The summed E-state index contributed by atoms with van der Waals surface area (Å²) in [5.41, 5.74) is 2.25. The predicted octanol–water partition coefficient (Wildman–Crippen LogP) is 4.20. The summed E-state index contributed by atoms with van der Waals surface area (Å²) in [6.07, 6.45) is 0.935. The maximum atomic E-state index is 6.11. The van der Waals surface area contributed by atoms with Crippen LogP contribution in [0.3, 0.4) is 0 Å². The molecule has 110 valence electrons. The fourth-order valence-corrected chi connectivity index (χ4v) is 2.52. The Hall–Kier alpha value is -1.29. The van der Waals surface area contributed by atoms with Gasteiger partial charge in [0.05, 0.1) is 0 Å². The lowest BCUT2D eigenvalue weighted by Crippen LogP contribution is -2.35. The van der Waals surface area contributed by atoms with E-state index in [0.29, 0.717) is 21.7 Å². The van der Waals surface area contributed by atoms with Gasteiger partial charge in [-0.1, -0.05) is 59.6 Å². The Balaban J connectivity index is 1.72. The first-order valence-electron chi connectivity index (χ1n) is 6.65. The molecule has 0 atom stereocenters. The van der Waals surface area contributed by atoms with E-state index < -0.39 is 0 Å². The van der Waals surface area contributed by atoms with Crippen molar-refractivity contribution in [3.05, 3.63) is 69.7 Å². The third-order valence-corrected chi connectivity index (χ3v) is 3.87. The molecular formula is C16H16Cl2N2S. The smallest absolute Gasteiger partial charge is 0.166 e. The first-order valence-corrected chi connectivity index (χ1v) is 7.81. The normalized spacial score (nSPS) is 10.2. The van der Waals surface area contributed by atoms with Crippen LogP contribution in [0, 0.1) is 0 Å². The minimum absolute atomic E-state index is 0.577. The van der Waals surface area contributed by atoms with Gasteiger partial charge in [0.1, 0.15) is 0 Å². The van der Waals surface area contributed by atoms with Gasteiger partial charge in [-0.2, -0.15) is 0 Å². The monoisotopic (exact) mass is 338 g/mol. The van der Waals surface area contributed by atoms with Crippen LogP contribution < -0.4 is 10.6 Å². The van der Waals surface area contributed by atoms with Crippen molar-refractivity contribution in [2.75, 3.05) is 6.54 Å². The first-order chi connectivity index (χ1) is 10.1. The molecule has 0 aromatic heterocycles. The topological polar surface area (TPSA) is 24.1 Å². The van der Waals surface area contributed by atoms with Crippen molar-refractivity contribution in [2.24, 2.45) is 0 Å². The van der Waals surface area contributed by atoms with Gasteiger partial charge < -0.3 is 10.6 Å². The molecule has 2 nitrogen and oxygen atoms in total. The Morgan fingerprint density at radius 3 is 2.48 bits per heavy atom. The van der Waals surface area contributed by atoms with E-state index in [1.807, 2.05) is 30.3 Å². The second-order valence-electron chi connectivity index (χ2n) is 4.58. The van der Waals surface area contributed by atoms with Gasteiger partial charge in [-0.05, 0) is 41.9 Å². The molecule has 0 bridgehead atoms. The second kappa shape index (κ2) is 8.23. The molecule has 2 rings (SSSR count). The lowest BCUT2D eigenvalue weighted by molar-refractivity contribution is 0.815. The molecule has 2 aromatic rings. The summed E-state index contributed by atoms with van der Waals surface area (Å²) in [6.45, 7) is 1.37. The minimum atomic E-state index is 0.577. The fourth-order valence-electron chi connectivity index (χ4n) is 1.87. The van der Waals surface area contributed by atoms with Crippen molar-refractivity contribution in [2.45, 2.75) is 13.0 Å². The number of thiocarbonyl (C=S) groups is 1. The van der Waals surface area contributed by atoms with E-state index >= 15 is 0 Å². The maximum absolute atomic E-state index is 6.11. The predicted molar refractivity (Wildman–Crippen MR) is 94.0 cm³/mol. The number of halogens is 2. The molecule has 0 aliphatic carbocycles. The zero-order valence-electron chi connectivity index (χ0n) is 11.4. The second-order valence-corrected chi connectivity index (χ2v) is 5.83. The Bertz CT molecular complexity index is 602. The Morgan fingerprint density at radius 1 is 1.00 bits per heavy atom. The molecule has 0 fully saturated rings. The van der Waals surface area contributed by atoms with Crippen LogP contribution in [-0.2, 0) is 13.0 Å². The van der Waals surface area contributed by atoms with Crippen LogP contribution in [0.25, 0.3) is 0 Å². The zero-order valence-corrected chi connectivity index (χ0v) is 13.7. The SMILES string of the molecule is S=C(NCCc1ccccc1)NCc1ccc(Cl)cc1Cl. The van der Waals surface area contributed by atoms with Gasteiger partial charge in [0, 0.05) is 23.1 Å². The van der Waals surface area contributed by atoms with Crippen LogP contribution in [0.15, 0.2) is 48.5 Å². The van der Waals surface area contributed by atoms with Gasteiger partial charge in [0.15, 0.2) is 5.11 Å². The first kappa shape index (κ1) is 16.1. The molecule has 0 amide bonds. The maximum Gasteiger partial charge on any atom is 0.166 e. The van der Waals surface area contributed by atoms with Gasteiger partial charge in [0.25, 0.3) is 0 Å². The van der Waals surface area contributed by atoms with E-state index in [1.165, 1.54) is 5.56 Å². The van der Waals surface area contributed by atoms with Crippen LogP contribution >= 0.6 is 35.4 Å². The molecule has 0 saturated carbocycles. The van der Waals surface area contributed by atoms with Crippen LogP contribution in [-0.4, -0.2) is 11.7 Å². The summed E-state index contributed by atoms with van der Waals surface area (Å²) in [5, 5.41) is 8.22. The van der Waals surface area contributed by atoms with Crippen molar-refractivity contribution >= 4 is 40.5 Å². The van der Waals surface area contributed by atoms with Gasteiger partial charge in [-0.15, -0.1) is 0 Å². The van der Waals surface area contributed by atoms with Crippen molar-refractivity contribution in [1.82, 2.24) is 10.6 Å². The highest BCUT2D eigenvalue weighted by Gasteiger charge is 2.02. The van der Waals surface area contributed by atoms with Crippen molar-refractivity contribution in [3.63, 3.8) is 0 Å².